The van der Waals surface area contributed by atoms with Crippen LogP contribution in [0.1, 0.15) is 67.4 Å². The summed E-state index contributed by atoms with van der Waals surface area (Å²) < 4.78 is 2.22. The molecule has 2 aromatic heterocycles. The molecule has 216 valence electrons. The zero-order valence-corrected chi connectivity index (χ0v) is 24.9. The van der Waals surface area contributed by atoms with Gasteiger partial charge in [0.2, 0.25) is 5.91 Å². The van der Waals surface area contributed by atoms with Crippen molar-refractivity contribution in [3.63, 3.8) is 0 Å². The number of para-hydroxylation sites is 2. The highest BCUT2D eigenvalue weighted by atomic mass is 16.1. The summed E-state index contributed by atoms with van der Waals surface area (Å²) in [5.74, 6) is 1.27. The molecule has 2 aromatic carbocycles. The van der Waals surface area contributed by atoms with E-state index in [1.807, 2.05) is 25.4 Å². The fraction of sp³-hybridized carbons (Fsp3) is 0.371. The van der Waals surface area contributed by atoms with Crippen LogP contribution in [0.5, 0.6) is 0 Å². The van der Waals surface area contributed by atoms with Gasteiger partial charge in [0.1, 0.15) is 5.82 Å². The lowest BCUT2D eigenvalue weighted by Crippen LogP contribution is -2.34. The van der Waals surface area contributed by atoms with Gasteiger partial charge in [-0.1, -0.05) is 49.4 Å². The van der Waals surface area contributed by atoms with Crippen LogP contribution in [-0.2, 0) is 37.8 Å². The molecule has 0 fully saturated rings. The molecular formula is C35H40N6O. The monoisotopic (exact) mass is 560 g/mol. The number of imidazole rings is 1. The topological polar surface area (TPSA) is 75.4 Å². The van der Waals surface area contributed by atoms with Crippen molar-refractivity contribution in [2.75, 3.05) is 6.54 Å². The fourth-order valence-corrected chi connectivity index (χ4v) is 6.58. The van der Waals surface area contributed by atoms with Gasteiger partial charge >= 0.3 is 0 Å². The van der Waals surface area contributed by atoms with Crippen molar-refractivity contribution in [3.8, 4) is 0 Å². The van der Waals surface area contributed by atoms with E-state index in [4.69, 9.17) is 9.97 Å². The normalized spacial score (nSPS) is 18.5. The standard InChI is InChI=1S/C35H40N6O/c1-24-16-19-36-25(2)33(24)35(42)38-22-26-9-6-10-27(21-26)23-41(31-15-7-11-28-12-8-18-37-34(28)31)20-17-32-39-29-13-4-5-14-30(29)40(32)3/h4-6,8-10,12-14,18-19,21,24,31H,7,11,15-17,20,22-23H2,1-3H3,(H,38,42). The van der Waals surface area contributed by atoms with Gasteiger partial charge < -0.3 is 9.88 Å². The number of benzene rings is 2. The van der Waals surface area contributed by atoms with E-state index in [2.05, 4.69) is 88.3 Å². The van der Waals surface area contributed by atoms with Gasteiger partial charge in [0.25, 0.3) is 0 Å². The van der Waals surface area contributed by atoms with Crippen LogP contribution in [0.4, 0.5) is 0 Å². The van der Waals surface area contributed by atoms with Crippen molar-refractivity contribution in [2.45, 2.75) is 65.1 Å². The third kappa shape index (κ3) is 5.93. The van der Waals surface area contributed by atoms with Crippen LogP contribution in [0.15, 0.2) is 83.1 Å². The lowest BCUT2D eigenvalue weighted by molar-refractivity contribution is -0.118. The maximum absolute atomic E-state index is 13.0. The van der Waals surface area contributed by atoms with Gasteiger partial charge in [0.05, 0.1) is 22.8 Å². The maximum Gasteiger partial charge on any atom is 0.249 e. The number of nitrogens with zero attached hydrogens (tertiary/aromatic N) is 5. The summed E-state index contributed by atoms with van der Waals surface area (Å²) in [4.78, 5) is 29.8. The molecule has 1 amide bonds. The minimum Gasteiger partial charge on any atom is -0.348 e. The van der Waals surface area contributed by atoms with E-state index in [0.717, 1.165) is 73.4 Å². The smallest absolute Gasteiger partial charge is 0.249 e. The average molecular weight is 561 g/mol. The van der Waals surface area contributed by atoms with Crippen LogP contribution in [0.25, 0.3) is 11.0 Å². The molecule has 0 radical (unpaired) electrons. The molecule has 0 saturated heterocycles. The summed E-state index contributed by atoms with van der Waals surface area (Å²) in [5.41, 5.74) is 8.74. The molecule has 2 atom stereocenters. The number of aryl methyl sites for hydroxylation is 2. The Balaban J connectivity index is 1.21. The predicted octanol–water partition coefficient (Wildman–Crippen LogP) is 6.09. The Hall–Kier alpha value is -4.10. The highest BCUT2D eigenvalue weighted by Gasteiger charge is 2.28. The number of fused-ring (bicyclic) bond motifs is 2. The maximum atomic E-state index is 13.0. The number of aliphatic imine (C=N–C) groups is 1. The Bertz CT molecular complexity index is 1650. The summed E-state index contributed by atoms with van der Waals surface area (Å²) in [6.45, 7) is 6.19. The van der Waals surface area contributed by atoms with Crippen LogP contribution in [0.2, 0.25) is 0 Å². The van der Waals surface area contributed by atoms with Crippen molar-refractivity contribution in [1.29, 1.82) is 0 Å². The molecule has 0 spiro atoms. The van der Waals surface area contributed by atoms with E-state index in [0.29, 0.717) is 6.54 Å². The summed E-state index contributed by atoms with van der Waals surface area (Å²) in [6, 6.07) is 21.5. The molecule has 4 aromatic rings. The van der Waals surface area contributed by atoms with E-state index in [9.17, 15) is 4.79 Å². The minimum absolute atomic E-state index is 0.0174. The van der Waals surface area contributed by atoms with Gasteiger partial charge in [-0.05, 0) is 73.4 Å². The van der Waals surface area contributed by atoms with E-state index < -0.39 is 0 Å². The summed E-state index contributed by atoms with van der Waals surface area (Å²) in [5, 5.41) is 3.15. The predicted molar refractivity (Wildman–Crippen MR) is 168 cm³/mol. The number of hydrogen-bond donors (Lipinski definition) is 1. The Morgan fingerprint density at radius 2 is 1.95 bits per heavy atom. The molecule has 7 nitrogen and oxygen atoms in total. The van der Waals surface area contributed by atoms with Crippen molar-refractivity contribution in [2.24, 2.45) is 18.0 Å². The average Bonchev–Trinajstić information content (AvgIpc) is 3.33. The van der Waals surface area contributed by atoms with Crippen LogP contribution in [0, 0.1) is 5.92 Å². The Labute approximate surface area is 248 Å². The van der Waals surface area contributed by atoms with Crippen LogP contribution in [-0.4, -0.2) is 38.1 Å². The van der Waals surface area contributed by atoms with E-state index >= 15 is 0 Å². The molecule has 1 aliphatic heterocycles. The van der Waals surface area contributed by atoms with Crippen LogP contribution < -0.4 is 5.32 Å². The van der Waals surface area contributed by atoms with Gasteiger partial charge in [-0.15, -0.1) is 0 Å². The number of carbonyl (C=O) groups excluding carboxylic acids is 1. The van der Waals surface area contributed by atoms with E-state index in [-0.39, 0.29) is 17.9 Å². The first kappa shape index (κ1) is 28.0. The number of carbonyl (C=O) groups is 1. The highest BCUT2D eigenvalue weighted by Crippen LogP contribution is 2.34. The summed E-state index contributed by atoms with van der Waals surface area (Å²) >= 11 is 0. The Morgan fingerprint density at radius 1 is 1.10 bits per heavy atom. The zero-order valence-electron chi connectivity index (χ0n) is 24.9. The van der Waals surface area contributed by atoms with Gasteiger partial charge in [-0.25, -0.2) is 4.98 Å². The van der Waals surface area contributed by atoms with Crippen molar-refractivity contribution < 1.29 is 4.79 Å². The number of aromatic nitrogens is 3. The molecule has 7 heteroatoms. The first-order valence-corrected chi connectivity index (χ1v) is 15.2. The highest BCUT2D eigenvalue weighted by molar-refractivity contribution is 5.95. The molecule has 42 heavy (non-hydrogen) atoms. The molecule has 2 aliphatic rings. The molecule has 6 rings (SSSR count). The molecule has 3 heterocycles. The lowest BCUT2D eigenvalue weighted by Gasteiger charge is -2.35. The van der Waals surface area contributed by atoms with Gasteiger partial charge in [-0.2, -0.15) is 0 Å². The van der Waals surface area contributed by atoms with Gasteiger partial charge in [0, 0.05) is 56.8 Å². The fourth-order valence-electron chi connectivity index (χ4n) is 6.58. The third-order valence-corrected chi connectivity index (χ3v) is 8.81. The molecule has 0 saturated carbocycles. The van der Waals surface area contributed by atoms with Gasteiger partial charge in [0.15, 0.2) is 0 Å². The Morgan fingerprint density at radius 3 is 2.81 bits per heavy atom. The van der Waals surface area contributed by atoms with E-state index in [1.165, 1.54) is 22.3 Å². The number of rotatable bonds is 9. The largest absolute Gasteiger partial charge is 0.348 e. The second-order valence-corrected chi connectivity index (χ2v) is 11.7. The first-order valence-electron chi connectivity index (χ1n) is 15.2. The van der Waals surface area contributed by atoms with E-state index in [1.54, 1.807) is 0 Å². The second-order valence-electron chi connectivity index (χ2n) is 11.7. The number of allylic oxidation sites excluding steroid dienone is 1. The number of hydrogen-bond acceptors (Lipinski definition) is 5. The third-order valence-electron chi connectivity index (χ3n) is 8.81. The molecule has 2 unspecified atom stereocenters. The number of amides is 1. The van der Waals surface area contributed by atoms with Crippen molar-refractivity contribution in [1.82, 2.24) is 24.8 Å². The van der Waals surface area contributed by atoms with Crippen molar-refractivity contribution in [3.05, 3.63) is 106 Å². The van der Waals surface area contributed by atoms with Gasteiger partial charge in [-0.3, -0.25) is 19.7 Å². The number of pyridine rings is 1. The SMILES string of the molecule is CC1=C(C(=O)NCc2cccc(CN(CCc3nc4ccccc4n3C)C3CCCc4cccnc43)c2)C(C)CC=N1. The Kier molecular flexibility index (Phi) is 8.29. The van der Waals surface area contributed by atoms with Crippen molar-refractivity contribution >= 4 is 23.2 Å². The second kappa shape index (κ2) is 12.4. The molecule has 1 aliphatic carbocycles. The molecule has 1 N–H and O–H groups in total. The molecule has 0 bridgehead atoms. The molecular weight excluding hydrogens is 520 g/mol. The quantitative estimate of drug-likeness (QED) is 0.269. The lowest BCUT2D eigenvalue weighted by atomic mass is 9.90. The van der Waals surface area contributed by atoms with Crippen LogP contribution >= 0.6 is 0 Å². The van der Waals surface area contributed by atoms with Crippen LogP contribution in [0.3, 0.4) is 0 Å². The zero-order chi connectivity index (χ0) is 29.1. The number of nitrogens with one attached hydrogen (secondary N) is 1. The minimum atomic E-state index is -0.0174. The summed E-state index contributed by atoms with van der Waals surface area (Å²) in [7, 11) is 2.11. The summed E-state index contributed by atoms with van der Waals surface area (Å²) in [6.07, 6.45) is 8.84. The first-order chi connectivity index (χ1) is 20.5.